The van der Waals surface area contributed by atoms with Crippen LogP contribution in [0.1, 0.15) is 28.8 Å². The zero-order valence-corrected chi connectivity index (χ0v) is 14.4. The Kier molecular flexibility index (Phi) is 4.40. The largest absolute Gasteiger partial charge is 0.439 e. The summed E-state index contributed by atoms with van der Waals surface area (Å²) in [5.41, 5.74) is 1.76. The molecule has 3 aliphatic rings. The number of hydrogen-bond acceptors (Lipinski definition) is 4. The van der Waals surface area contributed by atoms with Gasteiger partial charge >= 0.3 is 0 Å². The smallest absolute Gasteiger partial charge is 0.251 e. The van der Waals surface area contributed by atoms with Crippen LogP contribution in [0.2, 0.25) is 0 Å². The van der Waals surface area contributed by atoms with E-state index in [4.69, 9.17) is 4.74 Å². The molecule has 130 valence electrons. The molecule has 1 aromatic heterocycles. The van der Waals surface area contributed by atoms with E-state index in [1.807, 2.05) is 31.2 Å². The second-order valence-corrected chi connectivity index (χ2v) is 7.02. The van der Waals surface area contributed by atoms with Gasteiger partial charge in [0.25, 0.3) is 5.91 Å². The van der Waals surface area contributed by atoms with Crippen LogP contribution in [0.15, 0.2) is 42.6 Å². The van der Waals surface area contributed by atoms with E-state index >= 15 is 0 Å². The first-order valence-corrected chi connectivity index (χ1v) is 8.91. The van der Waals surface area contributed by atoms with Crippen molar-refractivity contribution in [3.8, 4) is 11.6 Å². The lowest BCUT2D eigenvalue weighted by Crippen LogP contribution is -2.57. The van der Waals surface area contributed by atoms with Gasteiger partial charge in [0.15, 0.2) is 0 Å². The van der Waals surface area contributed by atoms with Crippen LogP contribution >= 0.6 is 0 Å². The third kappa shape index (κ3) is 3.66. The summed E-state index contributed by atoms with van der Waals surface area (Å²) in [5, 5.41) is 3.21. The fourth-order valence-corrected chi connectivity index (χ4v) is 3.69. The molecular weight excluding hydrogens is 314 g/mol. The molecule has 0 spiro atoms. The molecule has 5 heteroatoms. The summed E-state index contributed by atoms with van der Waals surface area (Å²) >= 11 is 0. The highest BCUT2D eigenvalue weighted by Gasteiger charge is 2.34. The molecule has 1 amide bonds. The van der Waals surface area contributed by atoms with E-state index < -0.39 is 0 Å². The molecule has 1 atom stereocenters. The summed E-state index contributed by atoms with van der Waals surface area (Å²) in [6, 6.07) is 11.3. The molecule has 5 nitrogen and oxygen atoms in total. The molecular formula is C20H23N3O2. The van der Waals surface area contributed by atoms with Crippen molar-refractivity contribution in [1.82, 2.24) is 15.2 Å². The molecule has 1 aromatic carbocycles. The predicted molar refractivity (Wildman–Crippen MR) is 95.9 cm³/mol. The Morgan fingerprint density at radius 3 is 2.52 bits per heavy atom. The zero-order valence-electron chi connectivity index (χ0n) is 14.4. The monoisotopic (exact) mass is 337 g/mol. The lowest BCUT2D eigenvalue weighted by molar-refractivity contribution is 0.0620. The van der Waals surface area contributed by atoms with Crippen molar-refractivity contribution in [2.75, 3.05) is 19.6 Å². The molecule has 25 heavy (non-hydrogen) atoms. The number of ether oxygens (including phenoxy) is 1. The van der Waals surface area contributed by atoms with Crippen LogP contribution in [0.25, 0.3) is 0 Å². The molecule has 0 unspecified atom stereocenters. The molecule has 4 heterocycles. The highest BCUT2D eigenvalue weighted by molar-refractivity contribution is 5.94. The molecule has 0 saturated carbocycles. The number of aromatic nitrogens is 1. The van der Waals surface area contributed by atoms with Gasteiger partial charge in [-0.2, -0.15) is 0 Å². The Balaban J connectivity index is 1.38. The quantitative estimate of drug-likeness (QED) is 0.932. The van der Waals surface area contributed by atoms with E-state index in [1.165, 1.54) is 25.9 Å². The van der Waals surface area contributed by atoms with Crippen LogP contribution in [0.4, 0.5) is 0 Å². The van der Waals surface area contributed by atoms with Gasteiger partial charge < -0.3 is 15.0 Å². The summed E-state index contributed by atoms with van der Waals surface area (Å²) in [6.45, 7) is 5.32. The van der Waals surface area contributed by atoms with Crippen LogP contribution in [0, 0.1) is 12.8 Å². The van der Waals surface area contributed by atoms with Crippen LogP contribution in [0.3, 0.4) is 0 Å². The summed E-state index contributed by atoms with van der Waals surface area (Å²) in [7, 11) is 0. The maximum Gasteiger partial charge on any atom is 0.251 e. The number of nitrogens with zero attached hydrogens (tertiary/aromatic N) is 2. The van der Waals surface area contributed by atoms with Crippen molar-refractivity contribution < 1.29 is 9.53 Å². The third-order valence-electron chi connectivity index (χ3n) is 5.20. The number of carbonyl (C=O) groups is 1. The van der Waals surface area contributed by atoms with E-state index in [9.17, 15) is 4.79 Å². The van der Waals surface area contributed by atoms with E-state index in [1.54, 1.807) is 18.3 Å². The van der Waals surface area contributed by atoms with Crippen molar-refractivity contribution in [2.45, 2.75) is 25.8 Å². The molecule has 3 saturated heterocycles. The standard InChI is InChI=1S/C20H23N3O2/c1-14-2-7-19(21-12-14)25-17-5-3-16(4-6-17)20(24)22-18-13-23-10-8-15(18)9-11-23/h2-7,12,15,18H,8-11,13H2,1H3,(H,22,24)/t18-/m0/s1. The van der Waals surface area contributed by atoms with Gasteiger partial charge in [-0.05, 0) is 68.6 Å². The number of nitrogens with one attached hydrogen (secondary N) is 1. The number of rotatable bonds is 4. The van der Waals surface area contributed by atoms with Crippen LogP contribution in [0.5, 0.6) is 11.6 Å². The van der Waals surface area contributed by atoms with Crippen molar-refractivity contribution in [1.29, 1.82) is 0 Å². The lowest BCUT2D eigenvalue weighted by atomic mass is 9.84. The Morgan fingerprint density at radius 2 is 1.92 bits per heavy atom. The minimum Gasteiger partial charge on any atom is -0.439 e. The Labute approximate surface area is 148 Å². The highest BCUT2D eigenvalue weighted by Crippen LogP contribution is 2.28. The minimum absolute atomic E-state index is 0.00115. The number of pyridine rings is 1. The summed E-state index contributed by atoms with van der Waals surface area (Å²) in [5.74, 6) is 1.86. The van der Waals surface area contributed by atoms with Gasteiger partial charge in [-0.25, -0.2) is 4.98 Å². The normalized spacial score (nSPS) is 24.8. The van der Waals surface area contributed by atoms with E-state index in [0.29, 0.717) is 23.1 Å². The van der Waals surface area contributed by atoms with Gasteiger partial charge in [0, 0.05) is 30.4 Å². The molecule has 1 N–H and O–H groups in total. The first kappa shape index (κ1) is 16.1. The van der Waals surface area contributed by atoms with E-state index in [2.05, 4.69) is 15.2 Å². The van der Waals surface area contributed by atoms with Crippen LogP contribution < -0.4 is 10.1 Å². The molecule has 0 radical (unpaired) electrons. The summed E-state index contributed by atoms with van der Waals surface area (Å²) in [6.07, 6.45) is 4.16. The molecule has 0 aliphatic carbocycles. The van der Waals surface area contributed by atoms with Crippen LogP contribution in [-0.2, 0) is 0 Å². The Bertz CT molecular complexity index is 735. The minimum atomic E-state index is -0.00115. The van der Waals surface area contributed by atoms with Gasteiger partial charge in [0.05, 0.1) is 0 Å². The molecule has 2 aromatic rings. The fourth-order valence-electron chi connectivity index (χ4n) is 3.69. The second kappa shape index (κ2) is 6.84. The highest BCUT2D eigenvalue weighted by atomic mass is 16.5. The lowest BCUT2D eigenvalue weighted by Gasteiger charge is -2.44. The maximum atomic E-state index is 12.5. The van der Waals surface area contributed by atoms with E-state index in [-0.39, 0.29) is 11.9 Å². The van der Waals surface area contributed by atoms with Gasteiger partial charge in [0.1, 0.15) is 5.75 Å². The predicted octanol–water partition coefficient (Wildman–Crippen LogP) is 3.01. The number of carbonyl (C=O) groups excluding carboxylic acids is 1. The molecule has 3 fully saturated rings. The number of fused-ring (bicyclic) bond motifs is 3. The Hall–Kier alpha value is -2.40. The number of benzene rings is 1. The van der Waals surface area contributed by atoms with E-state index in [0.717, 1.165) is 12.1 Å². The first-order chi connectivity index (χ1) is 12.2. The third-order valence-corrected chi connectivity index (χ3v) is 5.20. The SMILES string of the molecule is Cc1ccc(Oc2ccc(C(=O)N[C@H]3CN4CCC3CC4)cc2)nc1. The number of piperidine rings is 3. The van der Waals surface area contributed by atoms with Gasteiger partial charge in [-0.15, -0.1) is 0 Å². The number of aryl methyl sites for hydroxylation is 1. The van der Waals surface area contributed by atoms with Gasteiger partial charge in [-0.3, -0.25) is 4.79 Å². The van der Waals surface area contributed by atoms with Crippen molar-refractivity contribution in [2.24, 2.45) is 5.92 Å². The Morgan fingerprint density at radius 1 is 1.16 bits per heavy atom. The van der Waals surface area contributed by atoms with Gasteiger partial charge in [-0.1, -0.05) is 6.07 Å². The maximum absolute atomic E-state index is 12.5. The summed E-state index contributed by atoms with van der Waals surface area (Å²) < 4.78 is 5.71. The molecule has 2 bridgehead atoms. The average molecular weight is 337 g/mol. The van der Waals surface area contributed by atoms with Crippen molar-refractivity contribution >= 4 is 5.91 Å². The van der Waals surface area contributed by atoms with Crippen LogP contribution in [-0.4, -0.2) is 41.5 Å². The number of amides is 1. The van der Waals surface area contributed by atoms with Gasteiger partial charge in [0.2, 0.25) is 5.88 Å². The topological polar surface area (TPSA) is 54.5 Å². The molecule has 3 aliphatic heterocycles. The van der Waals surface area contributed by atoms with Crippen molar-refractivity contribution in [3.63, 3.8) is 0 Å². The summed E-state index contributed by atoms with van der Waals surface area (Å²) in [4.78, 5) is 19.2. The second-order valence-electron chi connectivity index (χ2n) is 7.02. The van der Waals surface area contributed by atoms with Crippen molar-refractivity contribution in [3.05, 3.63) is 53.7 Å². The first-order valence-electron chi connectivity index (χ1n) is 8.91. The molecule has 5 rings (SSSR count). The zero-order chi connectivity index (χ0) is 17.2. The number of hydrogen-bond donors (Lipinski definition) is 1. The fraction of sp³-hybridized carbons (Fsp3) is 0.400. The average Bonchev–Trinajstić information content (AvgIpc) is 2.65.